The van der Waals surface area contributed by atoms with Crippen LogP contribution in [0.15, 0.2) is 206 Å². The lowest BCUT2D eigenvalue weighted by Crippen LogP contribution is -2.08. The van der Waals surface area contributed by atoms with Crippen LogP contribution in [0.1, 0.15) is 17.5 Å². The summed E-state index contributed by atoms with van der Waals surface area (Å²) in [6, 6.07) is 71.1. The van der Waals surface area contributed by atoms with Crippen molar-refractivity contribution in [2.24, 2.45) is 0 Å². The van der Waals surface area contributed by atoms with Crippen molar-refractivity contribution in [3.05, 3.63) is 229 Å². The predicted octanol–water partition coefficient (Wildman–Crippen LogP) is 16.5. The molecule has 6 heteroatoms. The van der Waals surface area contributed by atoms with Crippen LogP contribution in [-0.4, -0.2) is 18.3 Å². The number of hydrogen-bond acceptors (Lipinski definition) is 0. The molecule has 1 aliphatic heterocycles. The Kier molecular flexibility index (Phi) is 8.00. The van der Waals surface area contributed by atoms with Crippen LogP contribution in [0.3, 0.4) is 0 Å². The van der Waals surface area contributed by atoms with Crippen LogP contribution in [-0.2, 0) is 12.8 Å². The number of para-hydroxylation sites is 5. The molecule has 0 saturated carbocycles. The Morgan fingerprint density at radius 2 is 0.797 bits per heavy atom. The zero-order chi connectivity index (χ0) is 45.5. The molecule has 0 radical (unpaired) electrons. The van der Waals surface area contributed by atoms with E-state index in [0.717, 1.165) is 124 Å². The number of halogens is 2. The van der Waals surface area contributed by atoms with Crippen LogP contribution in [0.5, 0.6) is 0 Å². The molecule has 14 aromatic rings. The third-order valence-electron chi connectivity index (χ3n) is 15.0. The first kappa shape index (κ1) is 38.4. The fourth-order valence-electron chi connectivity index (χ4n) is 12.2. The maximum absolute atomic E-state index is 17.0. The third-order valence-corrected chi connectivity index (χ3v) is 15.0. The molecule has 10 aromatic carbocycles. The highest BCUT2D eigenvalue weighted by Crippen LogP contribution is 2.48. The number of fused-ring (bicyclic) bond motifs is 12. The Labute approximate surface area is 394 Å². The average molecular weight is 891 g/mol. The number of hydrogen-bond donors (Lipinski definition) is 0. The number of aromatic nitrogens is 4. The average Bonchev–Trinajstić information content (AvgIpc) is 4.12. The number of rotatable bonds is 4. The van der Waals surface area contributed by atoms with E-state index in [1.165, 1.54) is 34.5 Å². The highest BCUT2D eigenvalue weighted by molar-refractivity contribution is 6.28. The topological polar surface area (TPSA) is 19.7 Å². The van der Waals surface area contributed by atoms with E-state index in [1.54, 1.807) is 0 Å². The van der Waals surface area contributed by atoms with Gasteiger partial charge in [-0.1, -0.05) is 121 Å². The molecule has 0 fully saturated rings. The molecular formula is C63H40F2N4. The van der Waals surface area contributed by atoms with E-state index in [-0.39, 0.29) is 5.56 Å². The van der Waals surface area contributed by atoms with Gasteiger partial charge in [0.25, 0.3) is 0 Å². The Bertz CT molecular complexity index is 4450. The first-order chi connectivity index (χ1) is 34.1. The lowest BCUT2D eigenvalue weighted by Gasteiger charge is -2.22. The maximum atomic E-state index is 17.0. The van der Waals surface area contributed by atoms with E-state index in [1.807, 2.05) is 6.07 Å². The van der Waals surface area contributed by atoms with Gasteiger partial charge in [-0.2, -0.15) is 0 Å². The molecule has 0 bridgehead atoms. The smallest absolute Gasteiger partial charge is 0.134 e. The van der Waals surface area contributed by atoms with E-state index in [9.17, 15) is 0 Å². The molecule has 0 spiro atoms. The van der Waals surface area contributed by atoms with Gasteiger partial charge in [-0.15, -0.1) is 0 Å². The zero-order valence-corrected chi connectivity index (χ0v) is 37.3. The summed E-state index contributed by atoms with van der Waals surface area (Å²) in [4.78, 5) is 0. The summed E-state index contributed by atoms with van der Waals surface area (Å²) in [6.45, 7) is 0. The molecule has 0 atom stereocenters. The van der Waals surface area contributed by atoms with Crippen LogP contribution in [0.4, 0.5) is 8.78 Å². The van der Waals surface area contributed by atoms with E-state index >= 15 is 8.78 Å². The summed E-state index contributed by atoms with van der Waals surface area (Å²) in [5, 5.41) is 9.00. The second-order valence-corrected chi connectivity index (χ2v) is 18.5. The number of nitrogens with zero attached hydrogens (tertiary/aromatic N) is 4. The van der Waals surface area contributed by atoms with Gasteiger partial charge in [0.2, 0.25) is 0 Å². The SMILES string of the molecule is Fc1cccc(F)c1-c1cc2c(cc1-n1c3ccccc3c3ccc4c(c5ccccc5n4-c4ccccc4)c31)CCCc1cccc3c1c1c(ccc4c5ccccc5n-2c41)n3-c1ccccc1. The molecule has 0 amide bonds. The van der Waals surface area contributed by atoms with Crippen molar-refractivity contribution in [2.45, 2.75) is 19.3 Å². The Hall–Kier alpha value is -8.74. The molecule has 0 N–H and O–H groups in total. The maximum Gasteiger partial charge on any atom is 0.134 e. The molecule has 0 aliphatic carbocycles. The van der Waals surface area contributed by atoms with E-state index in [0.29, 0.717) is 5.56 Å². The summed E-state index contributed by atoms with van der Waals surface area (Å²) >= 11 is 0. The number of benzene rings is 10. The van der Waals surface area contributed by atoms with Gasteiger partial charge in [-0.05, 0) is 115 Å². The zero-order valence-electron chi connectivity index (χ0n) is 37.3. The van der Waals surface area contributed by atoms with Gasteiger partial charge in [0, 0.05) is 60.0 Å². The minimum absolute atomic E-state index is 0.0499. The quantitative estimate of drug-likeness (QED) is 0.168. The van der Waals surface area contributed by atoms with Crippen LogP contribution < -0.4 is 0 Å². The summed E-state index contributed by atoms with van der Waals surface area (Å²) in [5.74, 6) is -1.22. The molecule has 15 rings (SSSR count). The van der Waals surface area contributed by atoms with E-state index in [2.05, 4.69) is 200 Å². The fourth-order valence-corrected chi connectivity index (χ4v) is 12.2. The van der Waals surface area contributed by atoms with Crippen molar-refractivity contribution < 1.29 is 8.78 Å². The minimum atomic E-state index is -0.608. The van der Waals surface area contributed by atoms with Crippen LogP contribution >= 0.6 is 0 Å². The van der Waals surface area contributed by atoms with Gasteiger partial charge in [0.15, 0.2) is 0 Å². The molecule has 5 heterocycles. The monoisotopic (exact) mass is 890 g/mol. The highest BCUT2D eigenvalue weighted by Gasteiger charge is 2.29. The van der Waals surface area contributed by atoms with Gasteiger partial charge in [0.05, 0.1) is 61.1 Å². The Balaban J connectivity index is 1.13. The molecule has 69 heavy (non-hydrogen) atoms. The van der Waals surface area contributed by atoms with E-state index in [4.69, 9.17) is 0 Å². The van der Waals surface area contributed by atoms with Crippen molar-refractivity contribution in [1.82, 2.24) is 18.3 Å². The van der Waals surface area contributed by atoms with Crippen molar-refractivity contribution in [1.29, 1.82) is 0 Å². The van der Waals surface area contributed by atoms with Gasteiger partial charge in [0.1, 0.15) is 11.6 Å². The molecule has 1 aliphatic rings. The van der Waals surface area contributed by atoms with Crippen molar-refractivity contribution in [3.8, 4) is 33.9 Å². The van der Waals surface area contributed by atoms with Crippen molar-refractivity contribution in [2.75, 3.05) is 0 Å². The van der Waals surface area contributed by atoms with Gasteiger partial charge in [-0.25, -0.2) is 8.78 Å². The fraction of sp³-hybridized carbons (Fsp3) is 0.0476. The molecule has 4 aromatic heterocycles. The van der Waals surface area contributed by atoms with Crippen molar-refractivity contribution in [3.63, 3.8) is 0 Å². The highest BCUT2D eigenvalue weighted by atomic mass is 19.1. The second-order valence-electron chi connectivity index (χ2n) is 18.5. The van der Waals surface area contributed by atoms with Crippen LogP contribution in [0.25, 0.3) is 121 Å². The molecule has 4 nitrogen and oxygen atoms in total. The summed E-state index contributed by atoms with van der Waals surface area (Å²) < 4.78 is 43.4. The van der Waals surface area contributed by atoms with Crippen LogP contribution in [0, 0.1) is 11.6 Å². The summed E-state index contributed by atoms with van der Waals surface area (Å²) in [5.41, 5.74) is 15.2. The minimum Gasteiger partial charge on any atom is -0.309 e. The lowest BCUT2D eigenvalue weighted by atomic mass is 9.93. The van der Waals surface area contributed by atoms with Gasteiger partial charge in [-0.3, -0.25) is 0 Å². The summed E-state index contributed by atoms with van der Waals surface area (Å²) in [6.07, 6.45) is 2.45. The van der Waals surface area contributed by atoms with Gasteiger partial charge >= 0.3 is 0 Å². The van der Waals surface area contributed by atoms with Crippen LogP contribution in [0.2, 0.25) is 0 Å². The normalized spacial score (nSPS) is 12.9. The third kappa shape index (κ3) is 5.26. The first-order valence-corrected chi connectivity index (χ1v) is 23.8. The van der Waals surface area contributed by atoms with Gasteiger partial charge < -0.3 is 18.3 Å². The number of aryl methyl sites for hydroxylation is 2. The molecule has 0 saturated heterocycles. The predicted molar refractivity (Wildman–Crippen MR) is 281 cm³/mol. The molecular weight excluding hydrogens is 851 g/mol. The standard InChI is InChI=1S/C63H40F2N4/c64-48-26-15-27-49(65)59(48)47-37-56-39(36-57(47)69-51-29-11-8-23-42(51)44-32-34-54-60(62(44)69)46-25-9-12-30-52(46)66(54)40-19-3-1-4-20-40)18-13-16-38-17-14-31-53-58(38)61-55(67(53)41-21-5-2-6-22-41)35-33-45-43-24-7-10-28-50(43)68(56)63(45)61/h1-12,14-15,17,19-37H,13,16,18H2. The molecule has 326 valence electrons. The Morgan fingerprint density at radius 1 is 0.319 bits per heavy atom. The largest absolute Gasteiger partial charge is 0.309 e. The van der Waals surface area contributed by atoms with E-state index < -0.39 is 11.6 Å². The van der Waals surface area contributed by atoms with Crippen molar-refractivity contribution >= 4 is 87.2 Å². The summed E-state index contributed by atoms with van der Waals surface area (Å²) in [7, 11) is 0. The lowest BCUT2D eigenvalue weighted by molar-refractivity contribution is 0.589. The second kappa shape index (κ2) is 14.4. The first-order valence-electron chi connectivity index (χ1n) is 23.8. The molecule has 0 unspecified atom stereocenters. The Morgan fingerprint density at radius 3 is 1.45 bits per heavy atom.